The second-order valence-corrected chi connectivity index (χ2v) is 8.54. The van der Waals surface area contributed by atoms with Crippen LogP contribution in [0.5, 0.6) is 17.2 Å². The number of anilines is 3. The molecule has 1 aliphatic carbocycles. The number of carbonyl (C=O) groups is 2. The molecule has 10 heteroatoms. The normalized spacial score (nSPS) is 17.3. The molecule has 8 nitrogen and oxygen atoms in total. The molecule has 1 atom stereocenters. The zero-order valence-corrected chi connectivity index (χ0v) is 18.7. The number of fused-ring (bicyclic) bond motifs is 1. The first-order chi connectivity index (χ1) is 16.8. The van der Waals surface area contributed by atoms with Gasteiger partial charge in [-0.1, -0.05) is 0 Å². The van der Waals surface area contributed by atoms with Crippen molar-refractivity contribution in [2.45, 2.75) is 25.9 Å². The van der Waals surface area contributed by atoms with Crippen LogP contribution in [0.15, 0.2) is 54.7 Å². The van der Waals surface area contributed by atoms with Crippen LogP contribution in [0.4, 0.5) is 26.0 Å². The molecule has 1 fully saturated rings. The summed E-state index contributed by atoms with van der Waals surface area (Å²) in [5, 5.41) is 8.36. The summed E-state index contributed by atoms with van der Waals surface area (Å²) in [4.78, 5) is 29.7. The molecule has 0 bridgehead atoms. The van der Waals surface area contributed by atoms with Crippen molar-refractivity contribution in [1.29, 1.82) is 0 Å². The predicted molar refractivity (Wildman–Crippen MR) is 125 cm³/mol. The van der Waals surface area contributed by atoms with Crippen LogP contribution in [0.3, 0.4) is 0 Å². The number of ether oxygens (including phenoxy) is 2. The summed E-state index contributed by atoms with van der Waals surface area (Å²) < 4.78 is 39.4. The van der Waals surface area contributed by atoms with E-state index in [1.807, 2.05) is 6.92 Å². The fourth-order valence-electron chi connectivity index (χ4n) is 3.73. The van der Waals surface area contributed by atoms with Crippen molar-refractivity contribution in [2.75, 3.05) is 22.5 Å². The van der Waals surface area contributed by atoms with Crippen molar-refractivity contribution in [1.82, 2.24) is 4.98 Å². The van der Waals surface area contributed by atoms with Gasteiger partial charge in [0.15, 0.2) is 23.1 Å². The van der Waals surface area contributed by atoms with Gasteiger partial charge in [0.1, 0.15) is 17.3 Å². The molecule has 5 rings (SSSR count). The van der Waals surface area contributed by atoms with E-state index >= 15 is 0 Å². The van der Waals surface area contributed by atoms with Gasteiger partial charge in [-0.15, -0.1) is 0 Å². The number of pyridine rings is 1. The maximum Gasteiger partial charge on any atom is 0.240 e. The summed E-state index contributed by atoms with van der Waals surface area (Å²) >= 11 is 0. The summed E-state index contributed by atoms with van der Waals surface area (Å²) in [5.74, 6) is -1.02. The number of benzene rings is 2. The first-order valence-electron chi connectivity index (χ1n) is 11.1. The van der Waals surface area contributed by atoms with Crippen molar-refractivity contribution in [3.63, 3.8) is 0 Å². The second kappa shape index (κ2) is 8.86. The van der Waals surface area contributed by atoms with Crippen molar-refractivity contribution >= 4 is 29.0 Å². The molecular weight excluding hydrogens is 458 g/mol. The Hall–Kier alpha value is -4.21. The van der Waals surface area contributed by atoms with Crippen molar-refractivity contribution in [2.24, 2.45) is 5.41 Å². The van der Waals surface area contributed by atoms with E-state index in [4.69, 9.17) is 9.47 Å². The minimum absolute atomic E-state index is 0.0617. The molecule has 2 amide bonds. The van der Waals surface area contributed by atoms with Gasteiger partial charge in [0.25, 0.3) is 0 Å². The lowest BCUT2D eigenvalue weighted by atomic mass is 10.0. The van der Waals surface area contributed by atoms with Gasteiger partial charge in [0, 0.05) is 29.7 Å². The third kappa shape index (κ3) is 4.59. The number of aromatic nitrogens is 1. The molecule has 2 aliphatic rings. The molecule has 1 saturated carbocycles. The van der Waals surface area contributed by atoms with Crippen LogP contribution in [0.25, 0.3) is 0 Å². The Morgan fingerprint density at radius 2 is 1.71 bits per heavy atom. The van der Waals surface area contributed by atoms with E-state index in [2.05, 4.69) is 20.9 Å². The average Bonchev–Trinajstić information content (AvgIpc) is 3.65. The molecule has 0 saturated heterocycles. The van der Waals surface area contributed by atoms with Crippen molar-refractivity contribution < 1.29 is 27.8 Å². The van der Waals surface area contributed by atoms with Crippen LogP contribution in [0.1, 0.15) is 19.8 Å². The Balaban J connectivity index is 1.27. The number of rotatable bonds is 6. The minimum atomic E-state index is -1.25. The molecule has 0 radical (unpaired) electrons. The van der Waals surface area contributed by atoms with Gasteiger partial charge in [-0.05, 0) is 56.2 Å². The lowest BCUT2D eigenvalue weighted by Crippen LogP contribution is -2.35. The molecule has 180 valence electrons. The smallest absolute Gasteiger partial charge is 0.240 e. The average molecular weight is 480 g/mol. The first kappa shape index (κ1) is 22.6. The molecular formula is C25H22F2N4O4. The number of halogens is 2. The van der Waals surface area contributed by atoms with Gasteiger partial charge in [0.2, 0.25) is 17.6 Å². The molecule has 1 aromatic heterocycles. The Morgan fingerprint density at radius 3 is 2.40 bits per heavy atom. The highest BCUT2D eigenvalue weighted by Crippen LogP contribution is 2.47. The van der Waals surface area contributed by atoms with Gasteiger partial charge in [-0.25, -0.2) is 13.8 Å². The summed E-state index contributed by atoms with van der Waals surface area (Å²) in [6, 6.07) is 10.8. The fraction of sp³-hybridized carbons (Fsp3) is 0.240. The topological polar surface area (TPSA) is 102 Å². The van der Waals surface area contributed by atoms with Gasteiger partial charge < -0.3 is 25.4 Å². The number of carbonyl (C=O) groups excluding carboxylic acids is 2. The van der Waals surface area contributed by atoms with Gasteiger partial charge in [-0.3, -0.25) is 9.59 Å². The van der Waals surface area contributed by atoms with E-state index in [1.54, 1.807) is 6.07 Å². The highest BCUT2D eigenvalue weighted by molar-refractivity contribution is 6.16. The molecule has 0 spiro atoms. The maximum atomic E-state index is 14.8. The Labute approximate surface area is 199 Å². The first-order valence-corrected chi connectivity index (χ1v) is 11.1. The van der Waals surface area contributed by atoms with Gasteiger partial charge in [-0.2, -0.15) is 0 Å². The zero-order chi connectivity index (χ0) is 24.6. The number of nitrogens with one attached hydrogen (secondary N) is 3. The highest BCUT2D eigenvalue weighted by Gasteiger charge is 2.56. The van der Waals surface area contributed by atoms with Crippen molar-refractivity contribution in [3.05, 3.63) is 66.4 Å². The number of hydrogen-bond donors (Lipinski definition) is 3. The quantitative estimate of drug-likeness (QED) is 0.442. The van der Waals surface area contributed by atoms with E-state index < -0.39 is 28.9 Å². The number of hydrogen-bond acceptors (Lipinski definition) is 6. The SMILES string of the molecule is CC1CNc2nccc(Oc3ccc(NC(=O)C4(C(=O)Nc5ccc(F)cc5)CC4)cc3F)c2O1. The van der Waals surface area contributed by atoms with E-state index in [0.29, 0.717) is 42.4 Å². The molecule has 3 N–H and O–H groups in total. The van der Waals surface area contributed by atoms with Crippen LogP contribution in [-0.4, -0.2) is 29.4 Å². The van der Waals surface area contributed by atoms with Crippen LogP contribution >= 0.6 is 0 Å². The minimum Gasteiger partial charge on any atom is -0.482 e. The third-order valence-corrected chi connectivity index (χ3v) is 5.88. The predicted octanol–water partition coefficient (Wildman–Crippen LogP) is 4.70. The molecule has 3 aromatic rings. The van der Waals surface area contributed by atoms with Crippen LogP contribution < -0.4 is 25.4 Å². The summed E-state index contributed by atoms with van der Waals surface area (Å²) in [6.45, 7) is 2.48. The molecule has 2 aromatic carbocycles. The summed E-state index contributed by atoms with van der Waals surface area (Å²) in [6.07, 6.45) is 2.13. The highest BCUT2D eigenvalue weighted by atomic mass is 19.1. The standard InChI is InChI=1S/C25H22F2N4O4/c1-14-13-29-22-21(34-14)20(8-11-28-22)35-19-7-6-17(12-18(19)27)31-24(33)25(9-10-25)23(32)30-16-4-2-15(26)3-5-16/h2-8,11-12,14H,9-10,13H2,1H3,(H,28,29)(H,30,32)(H,31,33). The summed E-state index contributed by atoms with van der Waals surface area (Å²) in [5.41, 5.74) is -0.684. The Kier molecular flexibility index (Phi) is 5.72. The third-order valence-electron chi connectivity index (χ3n) is 5.88. The monoisotopic (exact) mass is 480 g/mol. The van der Waals surface area contributed by atoms with E-state index in [0.717, 1.165) is 6.07 Å². The Bertz CT molecular complexity index is 1300. The summed E-state index contributed by atoms with van der Waals surface area (Å²) in [7, 11) is 0. The van der Waals surface area contributed by atoms with E-state index in [1.165, 1.54) is 42.6 Å². The van der Waals surface area contributed by atoms with Gasteiger partial charge >= 0.3 is 0 Å². The lowest BCUT2D eigenvalue weighted by Gasteiger charge is -2.25. The van der Waals surface area contributed by atoms with Crippen LogP contribution in [0, 0.1) is 17.0 Å². The lowest BCUT2D eigenvalue weighted by molar-refractivity contribution is -0.131. The van der Waals surface area contributed by atoms with E-state index in [9.17, 15) is 18.4 Å². The fourth-order valence-corrected chi connectivity index (χ4v) is 3.73. The van der Waals surface area contributed by atoms with Crippen LogP contribution in [-0.2, 0) is 9.59 Å². The second-order valence-electron chi connectivity index (χ2n) is 8.54. The molecule has 1 aliphatic heterocycles. The van der Waals surface area contributed by atoms with Crippen molar-refractivity contribution in [3.8, 4) is 17.2 Å². The number of nitrogens with zero attached hydrogens (tertiary/aromatic N) is 1. The zero-order valence-electron chi connectivity index (χ0n) is 18.7. The Morgan fingerprint density at radius 1 is 1.03 bits per heavy atom. The van der Waals surface area contributed by atoms with Crippen LogP contribution in [0.2, 0.25) is 0 Å². The molecule has 35 heavy (non-hydrogen) atoms. The maximum absolute atomic E-state index is 14.8. The van der Waals surface area contributed by atoms with Gasteiger partial charge in [0.05, 0.1) is 6.54 Å². The molecule has 1 unspecified atom stereocenters. The largest absolute Gasteiger partial charge is 0.482 e. The van der Waals surface area contributed by atoms with E-state index in [-0.39, 0.29) is 17.5 Å². The molecule has 2 heterocycles. The number of amides is 2.